The van der Waals surface area contributed by atoms with Crippen LogP contribution < -0.4 is 0 Å². The van der Waals surface area contributed by atoms with Gasteiger partial charge in [0, 0.05) is 0 Å². The zero-order valence-electron chi connectivity index (χ0n) is 16.3. The van der Waals surface area contributed by atoms with Crippen LogP contribution in [0, 0.1) is 11.8 Å². The molecule has 0 bridgehead atoms. The lowest BCUT2D eigenvalue weighted by Crippen LogP contribution is -1.97. The molecule has 0 nitrogen and oxygen atoms in total. The summed E-state index contributed by atoms with van der Waals surface area (Å²) in [5.41, 5.74) is 4.25. The smallest absolute Gasteiger partial charge is 0.00943 e. The summed E-state index contributed by atoms with van der Waals surface area (Å²) in [6, 6.07) is 9.19. The lowest BCUT2D eigenvalue weighted by atomic mass is 9.96. The van der Waals surface area contributed by atoms with Gasteiger partial charge in [-0.2, -0.15) is 0 Å². The molecule has 1 saturated carbocycles. The maximum atomic E-state index is 3.95. The van der Waals surface area contributed by atoms with Crippen molar-refractivity contribution in [3.63, 3.8) is 0 Å². The minimum atomic E-state index is 0.846. The van der Waals surface area contributed by atoms with Crippen molar-refractivity contribution in [2.75, 3.05) is 0 Å². The number of hydrogen-bond acceptors (Lipinski definition) is 0. The van der Waals surface area contributed by atoms with Gasteiger partial charge in [0.15, 0.2) is 0 Å². The van der Waals surface area contributed by atoms with Crippen LogP contribution in [0.3, 0.4) is 0 Å². The van der Waals surface area contributed by atoms with Gasteiger partial charge in [-0.15, -0.1) is 0 Å². The van der Waals surface area contributed by atoms with Crippen molar-refractivity contribution in [1.29, 1.82) is 0 Å². The average molecular weight is 337 g/mol. The first-order chi connectivity index (χ1) is 12.2. The molecule has 1 unspecified atom stereocenters. The molecule has 0 heteroatoms. The van der Waals surface area contributed by atoms with Gasteiger partial charge in [-0.05, 0) is 60.6 Å². The molecule has 1 aliphatic carbocycles. The van der Waals surface area contributed by atoms with Crippen molar-refractivity contribution in [1.82, 2.24) is 0 Å². The third kappa shape index (κ3) is 8.38. The molecule has 0 heterocycles. The number of hydrogen-bond donors (Lipinski definition) is 0. The Kier molecular flexibility index (Phi) is 8.80. The van der Waals surface area contributed by atoms with Crippen LogP contribution in [0.15, 0.2) is 60.7 Å². The first kappa shape index (κ1) is 19.8. The molecule has 1 atom stereocenters. The monoisotopic (exact) mass is 336 g/mol. The Labute approximate surface area is 155 Å². The molecule has 2 rings (SSSR count). The van der Waals surface area contributed by atoms with Gasteiger partial charge in [0.05, 0.1) is 0 Å². The van der Waals surface area contributed by atoms with Gasteiger partial charge in [-0.1, -0.05) is 94.7 Å². The molecule has 1 aromatic carbocycles. The van der Waals surface area contributed by atoms with Crippen molar-refractivity contribution in [2.24, 2.45) is 11.8 Å². The number of benzene rings is 1. The lowest BCUT2D eigenvalue weighted by molar-refractivity contribution is 0.486. The highest BCUT2D eigenvalue weighted by Gasteiger charge is 2.20. The minimum absolute atomic E-state index is 0.846. The fourth-order valence-electron chi connectivity index (χ4n) is 3.32. The molecule has 1 fully saturated rings. The van der Waals surface area contributed by atoms with E-state index in [-0.39, 0.29) is 0 Å². The van der Waals surface area contributed by atoms with Crippen molar-refractivity contribution in [3.05, 3.63) is 71.8 Å². The van der Waals surface area contributed by atoms with Gasteiger partial charge in [0.1, 0.15) is 0 Å². The van der Waals surface area contributed by atoms with Gasteiger partial charge in [0.25, 0.3) is 0 Å². The molecule has 0 saturated heterocycles. The molecule has 0 aromatic heterocycles. The molecular formula is C25H36. The largest absolute Gasteiger partial charge is 0.0988 e. The molecule has 1 aliphatic rings. The van der Waals surface area contributed by atoms with E-state index in [0.717, 1.165) is 18.3 Å². The Morgan fingerprint density at radius 1 is 1.16 bits per heavy atom. The van der Waals surface area contributed by atoms with E-state index in [1.807, 2.05) is 6.08 Å². The Hall–Kier alpha value is -1.56. The maximum Gasteiger partial charge on any atom is -0.00943 e. The standard InChI is InChI=1S/C25H36/c1-4-8-21(3)11-12-24-17-15-23(16-18-24)10-7-6-9-22(5-2)13-14-25-19-20-25/h5-7,9,15-18,21,25H,2,4,8,10-14,19-20H2,1,3H3/b7-6+,22-9+. The van der Waals surface area contributed by atoms with Gasteiger partial charge in [-0.3, -0.25) is 0 Å². The summed E-state index contributed by atoms with van der Waals surface area (Å²) in [5, 5.41) is 0. The molecule has 0 amide bonds. The van der Waals surface area contributed by atoms with E-state index in [0.29, 0.717) is 0 Å². The Morgan fingerprint density at radius 3 is 2.52 bits per heavy atom. The number of allylic oxidation sites excluding steroid dienone is 5. The van der Waals surface area contributed by atoms with E-state index in [4.69, 9.17) is 0 Å². The van der Waals surface area contributed by atoms with Crippen LogP contribution in [0.1, 0.15) is 69.9 Å². The summed E-state index contributed by atoms with van der Waals surface area (Å²) >= 11 is 0. The van der Waals surface area contributed by atoms with Gasteiger partial charge < -0.3 is 0 Å². The van der Waals surface area contributed by atoms with Crippen LogP contribution in [-0.2, 0) is 12.8 Å². The predicted molar refractivity (Wildman–Crippen MR) is 112 cm³/mol. The summed E-state index contributed by atoms with van der Waals surface area (Å²) in [7, 11) is 0. The Bertz CT molecular complexity index is 554. The van der Waals surface area contributed by atoms with Gasteiger partial charge in [0.2, 0.25) is 0 Å². The highest BCUT2D eigenvalue weighted by Crippen LogP contribution is 2.34. The fourth-order valence-corrected chi connectivity index (χ4v) is 3.32. The zero-order valence-corrected chi connectivity index (χ0v) is 16.3. The van der Waals surface area contributed by atoms with Gasteiger partial charge in [-0.25, -0.2) is 0 Å². The summed E-state index contributed by atoms with van der Waals surface area (Å²) in [4.78, 5) is 0. The number of aryl methyl sites for hydroxylation is 1. The molecule has 0 N–H and O–H groups in total. The second-order valence-electron chi connectivity index (χ2n) is 7.81. The van der Waals surface area contributed by atoms with E-state index in [2.05, 4.69) is 62.9 Å². The van der Waals surface area contributed by atoms with Crippen LogP contribution in [0.5, 0.6) is 0 Å². The summed E-state index contributed by atoms with van der Waals surface area (Å²) in [6.07, 6.45) is 20.3. The molecule has 0 spiro atoms. The van der Waals surface area contributed by atoms with Crippen LogP contribution in [0.2, 0.25) is 0 Å². The first-order valence-corrected chi connectivity index (χ1v) is 10.3. The van der Waals surface area contributed by atoms with Crippen molar-refractivity contribution >= 4 is 0 Å². The van der Waals surface area contributed by atoms with Crippen molar-refractivity contribution in [3.8, 4) is 0 Å². The van der Waals surface area contributed by atoms with E-state index in [1.165, 1.54) is 68.1 Å². The van der Waals surface area contributed by atoms with E-state index >= 15 is 0 Å². The van der Waals surface area contributed by atoms with Crippen molar-refractivity contribution in [2.45, 2.75) is 71.6 Å². The fraction of sp³-hybridized carbons (Fsp3) is 0.520. The van der Waals surface area contributed by atoms with E-state index in [9.17, 15) is 0 Å². The maximum absolute atomic E-state index is 3.95. The average Bonchev–Trinajstić information content (AvgIpc) is 3.45. The zero-order chi connectivity index (χ0) is 17.9. The normalized spacial score (nSPS) is 16.3. The van der Waals surface area contributed by atoms with E-state index < -0.39 is 0 Å². The molecule has 0 radical (unpaired) electrons. The SMILES string of the molecule is C=C/C(=C\C=C\Cc1ccc(CCC(C)CCC)cc1)CCC1CC1. The predicted octanol–water partition coefficient (Wildman–Crippen LogP) is 7.46. The Morgan fingerprint density at radius 2 is 1.88 bits per heavy atom. The topological polar surface area (TPSA) is 0 Å². The molecule has 25 heavy (non-hydrogen) atoms. The highest BCUT2D eigenvalue weighted by molar-refractivity contribution is 5.26. The molecule has 1 aromatic rings. The minimum Gasteiger partial charge on any atom is -0.0988 e. The number of rotatable bonds is 12. The molecule has 136 valence electrons. The third-order valence-electron chi connectivity index (χ3n) is 5.33. The summed E-state index contributed by atoms with van der Waals surface area (Å²) in [5.74, 6) is 1.84. The van der Waals surface area contributed by atoms with E-state index in [1.54, 1.807) is 0 Å². The van der Waals surface area contributed by atoms with Crippen LogP contribution >= 0.6 is 0 Å². The summed E-state index contributed by atoms with van der Waals surface area (Å²) < 4.78 is 0. The second kappa shape index (κ2) is 11.1. The summed E-state index contributed by atoms with van der Waals surface area (Å²) in [6.45, 7) is 8.60. The van der Waals surface area contributed by atoms with Gasteiger partial charge >= 0.3 is 0 Å². The van der Waals surface area contributed by atoms with Crippen LogP contribution in [0.4, 0.5) is 0 Å². The molecule has 0 aliphatic heterocycles. The second-order valence-corrected chi connectivity index (χ2v) is 7.81. The van der Waals surface area contributed by atoms with Crippen LogP contribution in [0.25, 0.3) is 0 Å². The first-order valence-electron chi connectivity index (χ1n) is 10.3. The van der Waals surface area contributed by atoms with Crippen molar-refractivity contribution < 1.29 is 0 Å². The Balaban J connectivity index is 1.73. The highest BCUT2D eigenvalue weighted by atomic mass is 14.3. The third-order valence-corrected chi connectivity index (χ3v) is 5.33. The lowest BCUT2D eigenvalue weighted by Gasteiger charge is -2.09. The van der Waals surface area contributed by atoms with Crippen LogP contribution in [-0.4, -0.2) is 0 Å². The quantitative estimate of drug-likeness (QED) is 0.347. The molecular weight excluding hydrogens is 300 g/mol.